The average Bonchev–Trinajstić information content (AvgIpc) is 2.81. The van der Waals surface area contributed by atoms with E-state index in [1.54, 1.807) is 12.0 Å². The van der Waals surface area contributed by atoms with Gasteiger partial charge >= 0.3 is 6.03 Å². The van der Waals surface area contributed by atoms with Gasteiger partial charge in [-0.1, -0.05) is 32.0 Å². The van der Waals surface area contributed by atoms with Gasteiger partial charge in [-0.2, -0.15) is 0 Å². The summed E-state index contributed by atoms with van der Waals surface area (Å²) in [6.07, 6.45) is 0.823. The van der Waals surface area contributed by atoms with Gasteiger partial charge in [0.15, 0.2) is 0 Å². The molecule has 0 aliphatic carbocycles. The molecule has 0 fully saturated rings. The summed E-state index contributed by atoms with van der Waals surface area (Å²) in [6, 6.07) is 16.5. The van der Waals surface area contributed by atoms with Gasteiger partial charge in [-0.15, -0.1) is 0 Å². The maximum absolute atomic E-state index is 13.1. The number of fused-ring (bicyclic) bond motifs is 1. The standard InChI is InChI=1S/C25H32N4O3/c1-4-28(5-2)14-9-15-29(25(31)26-21-10-7-6-8-11-21)18-20-16-19-17-22(32-3)12-13-23(19)27-24(20)30/h6-8,10-13,16-17H,4-5,9,14-15,18H2,1-3H3,(H,26,31)(H,27,30). The summed E-state index contributed by atoms with van der Waals surface area (Å²) in [5.74, 6) is 0.716. The van der Waals surface area contributed by atoms with Crippen LogP contribution in [0.25, 0.3) is 10.9 Å². The molecule has 7 nitrogen and oxygen atoms in total. The van der Waals surface area contributed by atoms with Crippen LogP contribution in [0.1, 0.15) is 25.8 Å². The number of nitrogens with zero attached hydrogens (tertiary/aromatic N) is 2. The number of amides is 2. The second kappa shape index (κ2) is 11.3. The Kier molecular flexibility index (Phi) is 8.27. The van der Waals surface area contributed by atoms with Gasteiger partial charge in [-0.3, -0.25) is 4.79 Å². The predicted molar refractivity (Wildman–Crippen MR) is 129 cm³/mol. The first-order valence-corrected chi connectivity index (χ1v) is 11.1. The number of hydrogen-bond acceptors (Lipinski definition) is 4. The van der Waals surface area contributed by atoms with E-state index in [-0.39, 0.29) is 18.1 Å². The van der Waals surface area contributed by atoms with Crippen LogP contribution in [0.4, 0.5) is 10.5 Å². The van der Waals surface area contributed by atoms with E-state index in [0.717, 1.165) is 42.6 Å². The molecule has 0 saturated carbocycles. The van der Waals surface area contributed by atoms with Crippen LogP contribution in [0.2, 0.25) is 0 Å². The van der Waals surface area contributed by atoms with Crippen LogP contribution >= 0.6 is 0 Å². The van der Waals surface area contributed by atoms with Gasteiger partial charge in [-0.25, -0.2) is 4.79 Å². The number of para-hydroxylation sites is 1. The smallest absolute Gasteiger partial charge is 0.322 e. The number of carbonyl (C=O) groups is 1. The minimum Gasteiger partial charge on any atom is -0.497 e. The van der Waals surface area contributed by atoms with Crippen LogP contribution in [-0.2, 0) is 6.54 Å². The van der Waals surface area contributed by atoms with Crippen molar-refractivity contribution in [2.75, 3.05) is 38.6 Å². The summed E-state index contributed by atoms with van der Waals surface area (Å²) in [6.45, 7) is 7.87. The van der Waals surface area contributed by atoms with Gasteiger partial charge in [0, 0.05) is 28.7 Å². The average molecular weight is 437 g/mol. The van der Waals surface area contributed by atoms with Crippen molar-refractivity contribution in [3.8, 4) is 5.75 Å². The van der Waals surface area contributed by atoms with Crippen molar-refractivity contribution in [2.45, 2.75) is 26.8 Å². The Labute approximate surface area is 189 Å². The summed E-state index contributed by atoms with van der Waals surface area (Å²) in [5.41, 5.74) is 1.81. The predicted octanol–water partition coefficient (Wildman–Crippen LogP) is 4.30. The van der Waals surface area contributed by atoms with Crippen molar-refractivity contribution < 1.29 is 9.53 Å². The number of nitrogens with one attached hydrogen (secondary N) is 2. The van der Waals surface area contributed by atoms with E-state index >= 15 is 0 Å². The Morgan fingerprint density at radius 2 is 1.78 bits per heavy atom. The molecule has 0 radical (unpaired) electrons. The van der Waals surface area contributed by atoms with E-state index in [9.17, 15) is 9.59 Å². The Morgan fingerprint density at radius 3 is 2.47 bits per heavy atom. The third kappa shape index (κ3) is 6.11. The van der Waals surface area contributed by atoms with Crippen LogP contribution in [0, 0.1) is 0 Å². The summed E-state index contributed by atoms with van der Waals surface area (Å²) in [7, 11) is 1.61. The summed E-state index contributed by atoms with van der Waals surface area (Å²) >= 11 is 0. The van der Waals surface area contributed by atoms with Gasteiger partial charge < -0.3 is 24.8 Å². The molecule has 0 saturated heterocycles. The number of benzene rings is 2. The number of hydrogen-bond donors (Lipinski definition) is 2. The molecule has 3 rings (SSSR count). The number of ether oxygens (including phenoxy) is 1. The number of H-pyrrole nitrogens is 1. The second-order valence-electron chi connectivity index (χ2n) is 7.68. The molecule has 32 heavy (non-hydrogen) atoms. The van der Waals surface area contributed by atoms with Crippen molar-refractivity contribution in [3.63, 3.8) is 0 Å². The maximum atomic E-state index is 13.1. The minimum absolute atomic E-state index is 0.191. The zero-order valence-electron chi connectivity index (χ0n) is 19.1. The summed E-state index contributed by atoms with van der Waals surface area (Å²) in [4.78, 5) is 32.7. The molecular weight excluding hydrogens is 404 g/mol. The van der Waals surface area contributed by atoms with Crippen molar-refractivity contribution in [2.24, 2.45) is 0 Å². The van der Waals surface area contributed by atoms with E-state index < -0.39 is 0 Å². The highest BCUT2D eigenvalue weighted by Crippen LogP contribution is 2.19. The topological polar surface area (TPSA) is 77.7 Å². The number of anilines is 1. The molecule has 0 aliphatic rings. The van der Waals surface area contributed by atoms with Crippen molar-refractivity contribution in [3.05, 3.63) is 70.5 Å². The molecule has 2 N–H and O–H groups in total. The molecule has 1 heterocycles. The molecule has 170 valence electrons. The number of aromatic nitrogens is 1. The zero-order valence-corrected chi connectivity index (χ0v) is 19.1. The first-order chi connectivity index (χ1) is 15.5. The Bertz CT molecular complexity index is 1080. The van der Waals surface area contributed by atoms with Gasteiger partial charge in [0.05, 0.1) is 13.7 Å². The lowest BCUT2D eigenvalue weighted by atomic mass is 10.1. The number of pyridine rings is 1. The largest absolute Gasteiger partial charge is 0.497 e. The zero-order chi connectivity index (χ0) is 22.9. The highest BCUT2D eigenvalue weighted by molar-refractivity contribution is 5.89. The first-order valence-electron chi connectivity index (χ1n) is 11.1. The maximum Gasteiger partial charge on any atom is 0.322 e. The fraction of sp³-hybridized carbons (Fsp3) is 0.360. The summed E-state index contributed by atoms with van der Waals surface area (Å²) < 4.78 is 5.30. The molecule has 1 aromatic heterocycles. The lowest BCUT2D eigenvalue weighted by molar-refractivity contribution is 0.202. The van der Waals surface area contributed by atoms with Gasteiger partial charge in [0.1, 0.15) is 5.75 Å². The number of urea groups is 1. The van der Waals surface area contributed by atoms with Crippen LogP contribution < -0.4 is 15.6 Å². The van der Waals surface area contributed by atoms with Crippen LogP contribution in [0.15, 0.2) is 59.4 Å². The third-order valence-corrected chi connectivity index (χ3v) is 5.60. The van der Waals surface area contributed by atoms with Crippen molar-refractivity contribution in [1.29, 1.82) is 0 Å². The fourth-order valence-corrected chi connectivity index (χ4v) is 3.68. The second-order valence-corrected chi connectivity index (χ2v) is 7.68. The lowest BCUT2D eigenvalue weighted by Gasteiger charge is -2.25. The molecule has 7 heteroatoms. The van der Waals surface area contributed by atoms with E-state index in [1.165, 1.54) is 0 Å². The highest BCUT2D eigenvalue weighted by Gasteiger charge is 2.17. The number of carbonyl (C=O) groups excluding carboxylic acids is 1. The minimum atomic E-state index is -0.221. The molecule has 2 amide bonds. The number of aromatic amines is 1. The van der Waals surface area contributed by atoms with E-state index in [4.69, 9.17) is 4.74 Å². The number of methoxy groups -OCH3 is 1. The van der Waals surface area contributed by atoms with E-state index in [0.29, 0.717) is 17.9 Å². The van der Waals surface area contributed by atoms with Gasteiger partial charge in [0.2, 0.25) is 0 Å². The highest BCUT2D eigenvalue weighted by atomic mass is 16.5. The quantitative estimate of drug-likeness (QED) is 0.497. The molecule has 0 unspecified atom stereocenters. The molecule has 0 aliphatic heterocycles. The Hall–Kier alpha value is -3.32. The van der Waals surface area contributed by atoms with E-state index in [2.05, 4.69) is 29.0 Å². The van der Waals surface area contributed by atoms with Crippen molar-refractivity contribution >= 4 is 22.6 Å². The molecular formula is C25H32N4O3. The number of rotatable bonds is 10. The summed E-state index contributed by atoms with van der Waals surface area (Å²) in [5, 5.41) is 3.81. The molecule has 0 spiro atoms. The third-order valence-electron chi connectivity index (χ3n) is 5.60. The Balaban J connectivity index is 1.82. The van der Waals surface area contributed by atoms with Crippen molar-refractivity contribution in [1.82, 2.24) is 14.8 Å². The SMILES string of the molecule is CCN(CC)CCCN(Cc1cc2cc(OC)ccc2[nH]c1=O)C(=O)Nc1ccccc1. The monoisotopic (exact) mass is 436 g/mol. The Morgan fingerprint density at radius 1 is 1.03 bits per heavy atom. The van der Waals surface area contributed by atoms with Crippen LogP contribution in [0.5, 0.6) is 5.75 Å². The molecule has 2 aromatic carbocycles. The lowest BCUT2D eigenvalue weighted by Crippen LogP contribution is -2.38. The van der Waals surface area contributed by atoms with E-state index in [1.807, 2.05) is 54.6 Å². The molecule has 0 atom stereocenters. The van der Waals surface area contributed by atoms with Crippen LogP contribution in [-0.4, -0.2) is 54.1 Å². The molecule has 0 bridgehead atoms. The first kappa shape index (κ1) is 23.3. The normalized spacial score (nSPS) is 11.0. The molecule has 3 aromatic rings. The van der Waals surface area contributed by atoms with Crippen LogP contribution in [0.3, 0.4) is 0 Å². The van der Waals surface area contributed by atoms with Gasteiger partial charge in [0.25, 0.3) is 5.56 Å². The fourth-order valence-electron chi connectivity index (χ4n) is 3.68. The van der Waals surface area contributed by atoms with Gasteiger partial charge in [-0.05, 0) is 62.5 Å².